The highest BCUT2D eigenvalue weighted by atomic mass is 16.5. The van der Waals surface area contributed by atoms with Crippen molar-refractivity contribution in [2.75, 3.05) is 13.7 Å². The average Bonchev–Trinajstić information content (AvgIpc) is 2.34. The Morgan fingerprint density at radius 1 is 1.35 bits per heavy atom. The highest BCUT2D eigenvalue weighted by Gasteiger charge is 2.20. The molecule has 110 valence electrons. The average molecular weight is 278 g/mol. The molecule has 1 rings (SSSR count). The predicted molar refractivity (Wildman–Crippen MR) is 78.6 cm³/mol. The zero-order valence-corrected chi connectivity index (χ0v) is 12.7. The first-order chi connectivity index (χ1) is 9.24. The first-order valence-electron chi connectivity index (χ1n) is 6.45. The Morgan fingerprint density at radius 3 is 2.50 bits per heavy atom. The second kappa shape index (κ2) is 6.46. The molecule has 0 aromatic heterocycles. The normalized spacial score (nSPS) is 12.2. The third-order valence-corrected chi connectivity index (χ3v) is 2.82. The van der Waals surface area contributed by atoms with E-state index in [2.05, 4.69) is 20.8 Å². The van der Waals surface area contributed by atoms with E-state index in [1.165, 1.54) is 0 Å². The van der Waals surface area contributed by atoms with Gasteiger partial charge in [0.15, 0.2) is 0 Å². The van der Waals surface area contributed by atoms with Crippen LogP contribution in [0.15, 0.2) is 29.8 Å². The molecule has 0 fully saturated rings. The molecule has 0 amide bonds. The molecule has 0 aliphatic heterocycles. The van der Waals surface area contributed by atoms with Gasteiger partial charge in [-0.3, -0.25) is 0 Å². The van der Waals surface area contributed by atoms with Crippen LogP contribution in [-0.2, 0) is 10.2 Å². The van der Waals surface area contributed by atoms with E-state index in [1.54, 1.807) is 14.0 Å². The van der Waals surface area contributed by atoms with E-state index in [1.807, 2.05) is 18.2 Å². The van der Waals surface area contributed by atoms with Crippen LogP contribution in [0.2, 0.25) is 0 Å². The number of hydrogen-bond donors (Lipinski definition) is 1. The van der Waals surface area contributed by atoms with Gasteiger partial charge in [-0.15, -0.1) is 0 Å². The molecule has 0 heterocycles. The topological polar surface area (TPSA) is 55.8 Å². The van der Waals surface area contributed by atoms with Crippen LogP contribution < -0.4 is 9.47 Å². The second-order valence-electron chi connectivity index (χ2n) is 5.73. The third-order valence-electron chi connectivity index (χ3n) is 2.82. The Hall–Kier alpha value is -1.97. The van der Waals surface area contributed by atoms with Gasteiger partial charge < -0.3 is 14.6 Å². The van der Waals surface area contributed by atoms with E-state index in [9.17, 15) is 4.79 Å². The zero-order chi connectivity index (χ0) is 15.3. The summed E-state index contributed by atoms with van der Waals surface area (Å²) in [6.07, 6.45) is 1.15. The summed E-state index contributed by atoms with van der Waals surface area (Å²) in [7, 11) is 1.63. The lowest BCUT2D eigenvalue weighted by atomic mass is 9.86. The Balaban J connectivity index is 2.98. The molecule has 1 aromatic carbocycles. The summed E-state index contributed by atoms with van der Waals surface area (Å²) in [5.41, 5.74) is 1.60. The summed E-state index contributed by atoms with van der Waals surface area (Å²) >= 11 is 0. The fourth-order valence-electron chi connectivity index (χ4n) is 1.79. The van der Waals surface area contributed by atoms with Crippen LogP contribution in [0.5, 0.6) is 11.5 Å². The van der Waals surface area contributed by atoms with Crippen LogP contribution in [0.3, 0.4) is 0 Å². The van der Waals surface area contributed by atoms with Gasteiger partial charge in [-0.2, -0.15) is 0 Å². The first kappa shape index (κ1) is 16.1. The van der Waals surface area contributed by atoms with Crippen molar-refractivity contribution in [1.29, 1.82) is 0 Å². The van der Waals surface area contributed by atoms with E-state index in [4.69, 9.17) is 14.6 Å². The van der Waals surface area contributed by atoms with E-state index in [0.717, 1.165) is 23.1 Å². The van der Waals surface area contributed by atoms with Gasteiger partial charge in [0.05, 0.1) is 7.11 Å². The number of carbonyl (C=O) groups is 1. The number of aliphatic carboxylic acids is 1. The minimum Gasteiger partial charge on any atom is -0.497 e. The molecular weight excluding hydrogens is 256 g/mol. The van der Waals surface area contributed by atoms with Crippen LogP contribution in [0.1, 0.15) is 33.3 Å². The van der Waals surface area contributed by atoms with Gasteiger partial charge >= 0.3 is 5.97 Å². The van der Waals surface area contributed by atoms with Crippen LogP contribution in [0.25, 0.3) is 0 Å². The molecule has 0 saturated heterocycles. The quantitative estimate of drug-likeness (QED) is 0.839. The van der Waals surface area contributed by atoms with Gasteiger partial charge in [-0.05, 0) is 36.1 Å². The van der Waals surface area contributed by atoms with E-state index in [0.29, 0.717) is 5.57 Å². The van der Waals surface area contributed by atoms with Crippen molar-refractivity contribution in [3.05, 3.63) is 35.4 Å². The monoisotopic (exact) mass is 278 g/mol. The molecule has 0 spiro atoms. The van der Waals surface area contributed by atoms with Gasteiger partial charge in [0.2, 0.25) is 0 Å². The molecule has 0 aliphatic rings. The van der Waals surface area contributed by atoms with Gasteiger partial charge in [-0.1, -0.05) is 20.8 Å². The number of carboxylic acid groups (broad SMARTS) is 1. The number of carboxylic acids is 1. The fourth-order valence-corrected chi connectivity index (χ4v) is 1.79. The standard InChI is InChI=1S/C16H22O4/c1-11(8-15(17)18)10-20-14-7-6-12(19-5)9-13(14)16(2,3)4/h6-9H,10H2,1-5H3,(H,17,18). The zero-order valence-electron chi connectivity index (χ0n) is 12.7. The maximum absolute atomic E-state index is 10.6. The lowest BCUT2D eigenvalue weighted by molar-refractivity contribution is -0.131. The van der Waals surface area contributed by atoms with Gasteiger partial charge in [0.1, 0.15) is 18.1 Å². The van der Waals surface area contributed by atoms with Crippen molar-refractivity contribution < 1.29 is 19.4 Å². The number of rotatable bonds is 5. The lowest BCUT2D eigenvalue weighted by Crippen LogP contribution is -2.14. The highest BCUT2D eigenvalue weighted by Crippen LogP contribution is 2.34. The molecule has 0 aliphatic carbocycles. The minimum absolute atomic E-state index is 0.0890. The molecule has 1 N–H and O–H groups in total. The maximum Gasteiger partial charge on any atom is 0.328 e. The lowest BCUT2D eigenvalue weighted by Gasteiger charge is -2.23. The Morgan fingerprint density at radius 2 is 2.00 bits per heavy atom. The summed E-state index contributed by atoms with van der Waals surface area (Å²) in [5.74, 6) is 0.563. The maximum atomic E-state index is 10.6. The van der Waals surface area contributed by atoms with Crippen LogP contribution in [0.4, 0.5) is 0 Å². The van der Waals surface area contributed by atoms with Crippen LogP contribution in [-0.4, -0.2) is 24.8 Å². The molecule has 0 saturated carbocycles. The van der Waals surface area contributed by atoms with Gasteiger partial charge in [0.25, 0.3) is 0 Å². The van der Waals surface area contributed by atoms with E-state index in [-0.39, 0.29) is 12.0 Å². The predicted octanol–water partition coefficient (Wildman–Crippen LogP) is 3.40. The second-order valence-corrected chi connectivity index (χ2v) is 5.73. The molecule has 20 heavy (non-hydrogen) atoms. The largest absolute Gasteiger partial charge is 0.497 e. The summed E-state index contributed by atoms with van der Waals surface area (Å²) in [6, 6.07) is 5.64. The van der Waals surface area contributed by atoms with Crippen LogP contribution >= 0.6 is 0 Å². The van der Waals surface area contributed by atoms with Gasteiger partial charge in [-0.25, -0.2) is 4.79 Å². The fraction of sp³-hybridized carbons (Fsp3) is 0.438. The van der Waals surface area contributed by atoms with E-state index < -0.39 is 5.97 Å². The molecule has 0 unspecified atom stereocenters. The van der Waals surface area contributed by atoms with Crippen molar-refractivity contribution in [3.8, 4) is 11.5 Å². The molecule has 0 bridgehead atoms. The molecule has 1 aromatic rings. The van der Waals surface area contributed by atoms with Crippen molar-refractivity contribution >= 4 is 5.97 Å². The van der Waals surface area contributed by atoms with Gasteiger partial charge in [0, 0.05) is 11.6 Å². The van der Waals surface area contributed by atoms with Crippen molar-refractivity contribution in [2.45, 2.75) is 33.1 Å². The number of ether oxygens (including phenoxy) is 2. The summed E-state index contributed by atoms with van der Waals surface area (Å²) < 4.78 is 11.0. The van der Waals surface area contributed by atoms with Crippen molar-refractivity contribution in [3.63, 3.8) is 0 Å². The van der Waals surface area contributed by atoms with Crippen molar-refractivity contribution in [1.82, 2.24) is 0 Å². The van der Waals surface area contributed by atoms with E-state index >= 15 is 0 Å². The summed E-state index contributed by atoms with van der Waals surface area (Å²) in [4.78, 5) is 10.6. The summed E-state index contributed by atoms with van der Waals surface area (Å²) in [5, 5.41) is 8.68. The summed E-state index contributed by atoms with van der Waals surface area (Å²) in [6.45, 7) is 8.26. The number of methoxy groups -OCH3 is 1. The number of hydrogen-bond acceptors (Lipinski definition) is 3. The first-order valence-corrected chi connectivity index (χ1v) is 6.45. The molecule has 4 heteroatoms. The molecular formula is C16H22O4. The van der Waals surface area contributed by atoms with Crippen LogP contribution in [0, 0.1) is 0 Å². The molecule has 0 radical (unpaired) electrons. The Bertz CT molecular complexity index is 510. The minimum atomic E-state index is -0.961. The van der Waals surface area contributed by atoms with Crippen molar-refractivity contribution in [2.24, 2.45) is 0 Å². The molecule has 4 nitrogen and oxygen atoms in total. The Kier molecular flexibility index (Phi) is 5.19. The third kappa shape index (κ3) is 4.61. The SMILES string of the molecule is COc1ccc(OCC(C)=CC(=O)O)c(C(C)(C)C)c1. The Labute approximate surface area is 120 Å². The number of benzene rings is 1. The molecule has 0 atom stereocenters. The highest BCUT2D eigenvalue weighted by molar-refractivity contribution is 5.80. The smallest absolute Gasteiger partial charge is 0.328 e.